The number of hydrogen-bond acceptors (Lipinski definition) is 3. The van der Waals surface area contributed by atoms with Gasteiger partial charge in [-0.3, -0.25) is 0 Å². The summed E-state index contributed by atoms with van der Waals surface area (Å²) in [7, 11) is -3.41. The normalized spacial score (nSPS) is 12.3. The predicted molar refractivity (Wildman–Crippen MR) is 95.4 cm³/mol. The highest BCUT2D eigenvalue weighted by atomic mass is 35.5. The molecule has 0 aliphatic heterocycles. The second-order valence-electron chi connectivity index (χ2n) is 6.20. The van der Waals surface area contributed by atoms with Gasteiger partial charge in [0.25, 0.3) is 0 Å². The lowest BCUT2D eigenvalue weighted by Crippen LogP contribution is -2.34. The van der Waals surface area contributed by atoms with E-state index in [0.717, 1.165) is 25.2 Å². The van der Waals surface area contributed by atoms with Crippen LogP contribution in [0.1, 0.15) is 40.2 Å². The summed E-state index contributed by atoms with van der Waals surface area (Å²) in [5.74, 6) is 0. The Morgan fingerprint density at radius 3 is 1.95 bits per heavy atom. The molecule has 0 fully saturated rings. The topological polar surface area (TPSA) is 49.4 Å². The molecule has 22 heavy (non-hydrogen) atoms. The van der Waals surface area contributed by atoms with Gasteiger partial charge in [0.1, 0.15) is 0 Å². The number of sulfonamides is 1. The molecule has 0 aromatic heterocycles. The highest BCUT2D eigenvalue weighted by Gasteiger charge is 2.17. The van der Waals surface area contributed by atoms with Crippen molar-refractivity contribution in [2.75, 3.05) is 26.2 Å². The minimum atomic E-state index is -3.41. The Morgan fingerprint density at radius 2 is 1.55 bits per heavy atom. The number of nitrogens with zero attached hydrogens (tertiary/aromatic N) is 1. The van der Waals surface area contributed by atoms with Crippen molar-refractivity contribution < 1.29 is 8.42 Å². The van der Waals surface area contributed by atoms with Crippen molar-refractivity contribution in [1.29, 1.82) is 0 Å². The highest BCUT2D eigenvalue weighted by molar-refractivity contribution is 7.89. The number of hydrogen-bond donors (Lipinski definition) is 1. The predicted octanol–water partition coefficient (Wildman–Crippen LogP) is 3.03. The molecule has 0 saturated heterocycles. The fourth-order valence-electron chi connectivity index (χ4n) is 2.10. The van der Waals surface area contributed by atoms with E-state index in [0.29, 0.717) is 11.4 Å². The minimum Gasteiger partial charge on any atom is -0.303 e. The number of rotatable bonds is 7. The van der Waals surface area contributed by atoms with Crippen LogP contribution in [0, 0.1) is 0 Å². The van der Waals surface area contributed by atoms with E-state index in [9.17, 15) is 8.42 Å². The molecule has 0 atom stereocenters. The highest BCUT2D eigenvalue weighted by Crippen LogP contribution is 2.23. The van der Waals surface area contributed by atoms with Crippen LogP contribution < -0.4 is 4.72 Å². The van der Waals surface area contributed by atoms with Gasteiger partial charge in [0.05, 0.1) is 4.90 Å². The molecule has 0 spiro atoms. The van der Waals surface area contributed by atoms with Gasteiger partial charge in [-0.25, -0.2) is 13.1 Å². The molecule has 0 aliphatic carbocycles. The van der Waals surface area contributed by atoms with Crippen LogP contribution in [-0.4, -0.2) is 39.5 Å². The van der Waals surface area contributed by atoms with Gasteiger partial charge in [-0.05, 0) is 36.2 Å². The Kier molecular flexibility index (Phi) is 8.62. The smallest absolute Gasteiger partial charge is 0.240 e. The van der Waals surface area contributed by atoms with E-state index in [1.54, 1.807) is 12.1 Å². The molecule has 128 valence electrons. The van der Waals surface area contributed by atoms with E-state index >= 15 is 0 Å². The van der Waals surface area contributed by atoms with Crippen molar-refractivity contribution in [3.8, 4) is 0 Å². The van der Waals surface area contributed by atoms with E-state index in [4.69, 9.17) is 0 Å². The summed E-state index contributed by atoms with van der Waals surface area (Å²) in [6, 6.07) is 7.14. The molecular formula is C16H29ClN2O2S. The third kappa shape index (κ3) is 6.24. The zero-order valence-electron chi connectivity index (χ0n) is 14.2. The monoisotopic (exact) mass is 348 g/mol. The maximum Gasteiger partial charge on any atom is 0.240 e. The van der Waals surface area contributed by atoms with Crippen LogP contribution in [-0.2, 0) is 15.4 Å². The van der Waals surface area contributed by atoms with Crippen molar-refractivity contribution in [3.05, 3.63) is 29.8 Å². The largest absolute Gasteiger partial charge is 0.303 e. The zero-order chi connectivity index (χ0) is 16.1. The maximum atomic E-state index is 12.2. The van der Waals surface area contributed by atoms with Crippen molar-refractivity contribution in [3.63, 3.8) is 0 Å². The number of likely N-dealkylation sites (N-methyl/N-ethyl adjacent to an activating group) is 1. The van der Waals surface area contributed by atoms with Crippen molar-refractivity contribution in [1.82, 2.24) is 9.62 Å². The Balaban J connectivity index is 0.00000441. The Labute approximate surface area is 141 Å². The first-order chi connectivity index (χ1) is 9.70. The molecule has 0 aliphatic rings. The summed E-state index contributed by atoms with van der Waals surface area (Å²) in [5.41, 5.74) is 1.16. The first kappa shape index (κ1) is 21.4. The summed E-state index contributed by atoms with van der Waals surface area (Å²) in [6.07, 6.45) is 0. The van der Waals surface area contributed by atoms with Crippen molar-refractivity contribution in [2.24, 2.45) is 0 Å². The molecule has 0 heterocycles. The third-order valence-electron chi connectivity index (χ3n) is 3.65. The van der Waals surface area contributed by atoms with Gasteiger partial charge in [-0.15, -0.1) is 12.4 Å². The van der Waals surface area contributed by atoms with E-state index in [2.05, 4.69) is 44.2 Å². The molecule has 0 amide bonds. The number of benzene rings is 1. The molecule has 0 saturated carbocycles. The molecule has 0 bridgehead atoms. The van der Waals surface area contributed by atoms with Crippen molar-refractivity contribution in [2.45, 2.75) is 44.9 Å². The average molecular weight is 349 g/mol. The van der Waals surface area contributed by atoms with Gasteiger partial charge in [-0.1, -0.05) is 46.8 Å². The molecule has 1 N–H and O–H groups in total. The van der Waals surface area contributed by atoms with Crippen LogP contribution in [0.5, 0.6) is 0 Å². The van der Waals surface area contributed by atoms with Gasteiger partial charge in [-0.2, -0.15) is 0 Å². The standard InChI is InChI=1S/C16H28N2O2S.ClH/c1-6-18(7-2)13-12-17-21(19,20)15-10-8-14(9-11-15)16(3,4)5;/h8-11,17H,6-7,12-13H2,1-5H3;1H. The van der Waals surface area contributed by atoms with Crippen LogP contribution in [0.2, 0.25) is 0 Å². The maximum absolute atomic E-state index is 12.2. The lowest BCUT2D eigenvalue weighted by molar-refractivity contribution is 0.309. The van der Waals surface area contributed by atoms with Crippen LogP contribution in [0.3, 0.4) is 0 Å². The Morgan fingerprint density at radius 1 is 1.05 bits per heavy atom. The summed E-state index contributed by atoms with van der Waals surface area (Å²) in [4.78, 5) is 2.51. The third-order valence-corrected chi connectivity index (χ3v) is 5.12. The minimum absolute atomic E-state index is 0. The van der Waals surface area contributed by atoms with Crippen molar-refractivity contribution >= 4 is 22.4 Å². The summed E-state index contributed by atoms with van der Waals surface area (Å²) in [5, 5.41) is 0. The molecule has 0 radical (unpaired) electrons. The van der Waals surface area contributed by atoms with Gasteiger partial charge in [0, 0.05) is 13.1 Å². The zero-order valence-corrected chi connectivity index (χ0v) is 15.9. The second-order valence-corrected chi connectivity index (χ2v) is 7.97. The van der Waals surface area contributed by atoms with Crippen LogP contribution in [0.15, 0.2) is 29.2 Å². The Hall–Kier alpha value is -0.620. The molecular weight excluding hydrogens is 320 g/mol. The van der Waals surface area contributed by atoms with E-state index in [1.165, 1.54) is 0 Å². The van der Waals surface area contributed by atoms with Gasteiger partial charge in [0.15, 0.2) is 0 Å². The van der Waals surface area contributed by atoms with Crippen LogP contribution in [0.25, 0.3) is 0 Å². The van der Waals surface area contributed by atoms with E-state index in [-0.39, 0.29) is 17.8 Å². The van der Waals surface area contributed by atoms with Crippen LogP contribution in [0.4, 0.5) is 0 Å². The Bertz CT molecular complexity index is 532. The molecule has 6 heteroatoms. The van der Waals surface area contributed by atoms with Gasteiger partial charge >= 0.3 is 0 Å². The molecule has 1 aromatic rings. The first-order valence-corrected chi connectivity index (χ1v) is 9.01. The quantitative estimate of drug-likeness (QED) is 0.824. The summed E-state index contributed by atoms with van der Waals surface area (Å²) >= 11 is 0. The lowest BCUT2D eigenvalue weighted by atomic mass is 9.87. The first-order valence-electron chi connectivity index (χ1n) is 7.53. The summed E-state index contributed by atoms with van der Waals surface area (Å²) < 4.78 is 27.1. The molecule has 1 aromatic carbocycles. The molecule has 0 unspecified atom stereocenters. The second kappa shape index (κ2) is 8.87. The van der Waals surface area contributed by atoms with Crippen LogP contribution >= 0.6 is 12.4 Å². The van der Waals surface area contributed by atoms with E-state index < -0.39 is 10.0 Å². The number of halogens is 1. The number of nitrogens with one attached hydrogen (secondary N) is 1. The SMILES string of the molecule is CCN(CC)CCNS(=O)(=O)c1ccc(C(C)(C)C)cc1.Cl. The van der Waals surface area contributed by atoms with Gasteiger partial charge in [0.2, 0.25) is 10.0 Å². The lowest BCUT2D eigenvalue weighted by Gasteiger charge is -2.20. The molecule has 1 rings (SSSR count). The van der Waals surface area contributed by atoms with Gasteiger partial charge < -0.3 is 4.90 Å². The fraction of sp³-hybridized carbons (Fsp3) is 0.625. The molecule has 4 nitrogen and oxygen atoms in total. The van der Waals surface area contributed by atoms with E-state index in [1.807, 2.05) is 12.1 Å². The fourth-order valence-corrected chi connectivity index (χ4v) is 3.12. The summed E-state index contributed by atoms with van der Waals surface area (Å²) in [6.45, 7) is 13.5. The average Bonchev–Trinajstić information content (AvgIpc) is 2.43.